The van der Waals surface area contributed by atoms with E-state index in [0.29, 0.717) is 0 Å². The SMILES string of the molecule is C=C/C=C(\C=C/C)OP(=O)(Oc1ccccc1)C(F)C(=O)OCC. The fourth-order valence-corrected chi connectivity index (χ4v) is 3.01. The first kappa shape index (κ1) is 19.7. The Morgan fingerprint density at radius 1 is 1.38 bits per heavy atom. The van der Waals surface area contributed by atoms with E-state index in [1.54, 1.807) is 31.2 Å². The monoisotopic (exact) mass is 354 g/mol. The average molecular weight is 354 g/mol. The Bertz CT molecular complexity index is 654. The summed E-state index contributed by atoms with van der Waals surface area (Å²) in [5, 5.41) is 0. The Morgan fingerprint density at radius 3 is 2.58 bits per heavy atom. The highest BCUT2D eigenvalue weighted by molar-refractivity contribution is 7.56. The van der Waals surface area contributed by atoms with Gasteiger partial charge in [-0.05, 0) is 38.1 Å². The molecule has 0 saturated heterocycles. The fourth-order valence-electron chi connectivity index (χ4n) is 1.62. The van der Waals surface area contributed by atoms with Gasteiger partial charge in [0.15, 0.2) is 0 Å². The summed E-state index contributed by atoms with van der Waals surface area (Å²) >= 11 is 0. The maximum absolute atomic E-state index is 14.5. The van der Waals surface area contributed by atoms with Crippen LogP contribution in [0.25, 0.3) is 0 Å². The number of allylic oxidation sites excluding steroid dienone is 4. The summed E-state index contributed by atoms with van der Waals surface area (Å²) < 4.78 is 42.4. The summed E-state index contributed by atoms with van der Waals surface area (Å²) in [5.74, 6) is -3.75. The number of para-hydroxylation sites is 1. The average Bonchev–Trinajstić information content (AvgIpc) is 2.55. The number of carbonyl (C=O) groups excluding carboxylic acids is 1. The smallest absolute Gasteiger partial charge is 0.463 e. The van der Waals surface area contributed by atoms with Crippen LogP contribution < -0.4 is 4.52 Å². The summed E-state index contributed by atoms with van der Waals surface area (Å²) in [6.45, 7) is 6.65. The number of halogens is 1. The number of alkyl halides is 1. The molecule has 130 valence electrons. The number of rotatable bonds is 9. The van der Waals surface area contributed by atoms with Crippen molar-refractivity contribution < 1.29 is 27.5 Å². The third kappa shape index (κ3) is 5.70. The van der Waals surface area contributed by atoms with E-state index in [1.807, 2.05) is 0 Å². The van der Waals surface area contributed by atoms with Crippen LogP contribution in [-0.2, 0) is 18.6 Å². The van der Waals surface area contributed by atoms with Crippen LogP contribution in [-0.4, -0.2) is 18.5 Å². The third-order valence-corrected chi connectivity index (χ3v) is 4.28. The molecular formula is C17H20FO5P. The van der Waals surface area contributed by atoms with Crippen molar-refractivity contribution in [2.75, 3.05) is 6.61 Å². The third-order valence-electron chi connectivity index (χ3n) is 2.58. The first-order valence-corrected chi connectivity index (χ1v) is 8.88. The molecule has 1 aromatic carbocycles. The van der Waals surface area contributed by atoms with Crippen molar-refractivity contribution in [1.29, 1.82) is 0 Å². The van der Waals surface area contributed by atoms with Crippen molar-refractivity contribution in [3.8, 4) is 5.75 Å². The van der Waals surface area contributed by atoms with Crippen molar-refractivity contribution >= 4 is 13.6 Å². The first-order chi connectivity index (χ1) is 11.5. The van der Waals surface area contributed by atoms with Crippen LogP contribution in [0.5, 0.6) is 5.75 Å². The van der Waals surface area contributed by atoms with Crippen LogP contribution in [0.1, 0.15) is 13.8 Å². The minimum Gasteiger partial charge on any atom is -0.463 e. The molecule has 0 radical (unpaired) electrons. The van der Waals surface area contributed by atoms with Crippen molar-refractivity contribution in [3.05, 3.63) is 67.0 Å². The van der Waals surface area contributed by atoms with Crippen LogP contribution in [0.15, 0.2) is 67.0 Å². The highest BCUT2D eigenvalue weighted by Gasteiger charge is 2.46. The molecule has 0 bridgehead atoms. The molecule has 0 fully saturated rings. The maximum atomic E-state index is 14.5. The lowest BCUT2D eigenvalue weighted by Gasteiger charge is -2.22. The number of esters is 1. The summed E-state index contributed by atoms with van der Waals surface area (Å²) in [6, 6.07) is 7.88. The molecule has 0 N–H and O–H groups in total. The normalized spacial score (nSPS) is 15.4. The van der Waals surface area contributed by atoms with E-state index >= 15 is 0 Å². The number of carbonyl (C=O) groups is 1. The van der Waals surface area contributed by atoms with Crippen LogP contribution in [0.2, 0.25) is 0 Å². The van der Waals surface area contributed by atoms with Crippen LogP contribution in [0.3, 0.4) is 0 Å². The highest BCUT2D eigenvalue weighted by Crippen LogP contribution is 2.55. The molecule has 0 amide bonds. The van der Waals surface area contributed by atoms with E-state index in [1.165, 1.54) is 37.3 Å². The second kappa shape index (κ2) is 9.73. The molecule has 1 aromatic rings. The van der Waals surface area contributed by atoms with Crippen molar-refractivity contribution in [1.82, 2.24) is 0 Å². The second-order valence-corrected chi connectivity index (χ2v) is 6.33. The summed E-state index contributed by atoms with van der Waals surface area (Å²) in [4.78, 5) is 11.7. The Kier molecular flexibility index (Phi) is 7.99. The van der Waals surface area contributed by atoms with E-state index in [-0.39, 0.29) is 18.1 Å². The Hall–Kier alpha value is -2.33. The molecule has 0 heterocycles. The molecule has 24 heavy (non-hydrogen) atoms. The zero-order chi connectivity index (χ0) is 18.0. The van der Waals surface area contributed by atoms with Gasteiger partial charge in [-0.1, -0.05) is 36.9 Å². The van der Waals surface area contributed by atoms with Gasteiger partial charge < -0.3 is 13.8 Å². The van der Waals surface area contributed by atoms with E-state index < -0.39 is 19.5 Å². The lowest BCUT2D eigenvalue weighted by molar-refractivity contribution is -0.146. The van der Waals surface area contributed by atoms with Gasteiger partial charge in [-0.25, -0.2) is 13.8 Å². The van der Waals surface area contributed by atoms with Crippen molar-refractivity contribution in [2.45, 2.75) is 19.8 Å². The molecule has 2 atom stereocenters. The minimum absolute atomic E-state index is 0.0405. The molecule has 5 nitrogen and oxygen atoms in total. The molecule has 0 aliphatic rings. The quantitative estimate of drug-likeness (QED) is 0.276. The molecule has 0 aliphatic heterocycles. The van der Waals surface area contributed by atoms with Gasteiger partial charge in [0, 0.05) is 0 Å². The predicted octanol–water partition coefficient (Wildman–Crippen LogP) is 4.78. The number of hydrogen-bond donors (Lipinski definition) is 0. The molecular weight excluding hydrogens is 334 g/mol. The lowest BCUT2D eigenvalue weighted by Crippen LogP contribution is -2.22. The second-order valence-electron chi connectivity index (χ2n) is 4.43. The molecule has 0 saturated carbocycles. The molecule has 1 rings (SSSR count). The van der Waals surface area contributed by atoms with Gasteiger partial charge >= 0.3 is 19.5 Å². The number of hydrogen-bond acceptors (Lipinski definition) is 5. The zero-order valence-corrected chi connectivity index (χ0v) is 14.4. The highest BCUT2D eigenvalue weighted by atomic mass is 31.2. The van der Waals surface area contributed by atoms with E-state index in [4.69, 9.17) is 9.05 Å². The fraction of sp³-hybridized carbons (Fsp3) is 0.235. The molecule has 7 heteroatoms. The van der Waals surface area contributed by atoms with Gasteiger partial charge in [0.05, 0.1) is 6.61 Å². The molecule has 0 aliphatic carbocycles. The zero-order valence-electron chi connectivity index (χ0n) is 13.6. The number of benzene rings is 1. The predicted molar refractivity (Wildman–Crippen MR) is 90.4 cm³/mol. The number of ether oxygens (including phenoxy) is 1. The van der Waals surface area contributed by atoms with Crippen LogP contribution in [0.4, 0.5) is 4.39 Å². The van der Waals surface area contributed by atoms with Crippen LogP contribution in [0, 0.1) is 0 Å². The van der Waals surface area contributed by atoms with Gasteiger partial charge in [0.1, 0.15) is 11.5 Å². The minimum atomic E-state index is -4.54. The topological polar surface area (TPSA) is 61.8 Å². The Morgan fingerprint density at radius 2 is 2.04 bits per heavy atom. The van der Waals surface area contributed by atoms with Crippen molar-refractivity contribution in [3.63, 3.8) is 0 Å². The Balaban J connectivity index is 3.18. The van der Waals surface area contributed by atoms with E-state index in [0.717, 1.165) is 0 Å². The van der Waals surface area contributed by atoms with E-state index in [2.05, 4.69) is 11.3 Å². The molecule has 0 aromatic heterocycles. The first-order valence-electron chi connectivity index (χ1n) is 7.27. The van der Waals surface area contributed by atoms with Gasteiger partial charge in [0.25, 0.3) is 0 Å². The largest absolute Gasteiger partial charge is 0.476 e. The van der Waals surface area contributed by atoms with Gasteiger partial charge in [-0.3, -0.25) is 0 Å². The van der Waals surface area contributed by atoms with Gasteiger partial charge in [0.2, 0.25) is 0 Å². The standard InChI is InChI=1S/C17H20FO5P/c1-4-10-14(11-5-2)22-24(20,16(18)17(19)21-6-3)23-15-12-8-7-9-13-15/h4-5,7-13,16H,1,6H2,2-3H3/b11-5-,14-10+. The summed E-state index contributed by atoms with van der Waals surface area (Å²) in [6.07, 6.45) is 5.79. The van der Waals surface area contributed by atoms with E-state index in [9.17, 15) is 13.8 Å². The van der Waals surface area contributed by atoms with Gasteiger partial charge in [-0.15, -0.1) is 0 Å². The molecule has 0 spiro atoms. The summed E-state index contributed by atoms with van der Waals surface area (Å²) in [7, 11) is -4.54. The maximum Gasteiger partial charge on any atom is 0.476 e. The lowest BCUT2D eigenvalue weighted by atomic mass is 10.3. The summed E-state index contributed by atoms with van der Waals surface area (Å²) in [5.41, 5.74) is 0. The van der Waals surface area contributed by atoms with Crippen LogP contribution >= 0.6 is 7.60 Å². The van der Waals surface area contributed by atoms with Crippen molar-refractivity contribution in [2.24, 2.45) is 0 Å². The van der Waals surface area contributed by atoms with Gasteiger partial charge in [-0.2, -0.15) is 0 Å². The molecule has 2 unspecified atom stereocenters. The Labute approximate surface area is 141 Å².